The molecule has 0 spiro atoms. The molecule has 0 aliphatic carbocycles. The van der Waals surface area contributed by atoms with Crippen LogP contribution in [0.15, 0.2) is 18.2 Å². The topological polar surface area (TPSA) is 73.9 Å². The SMILES string of the molecule is CCOC1CN(C)CC1NC(=O)c1ccc(C)c(N2CCNC2=O)c1. The van der Waals surface area contributed by atoms with E-state index in [1.807, 2.05) is 27.0 Å². The van der Waals surface area contributed by atoms with Gasteiger partial charge in [0.25, 0.3) is 5.91 Å². The average molecular weight is 346 g/mol. The molecule has 2 N–H and O–H groups in total. The van der Waals surface area contributed by atoms with Gasteiger partial charge in [-0.25, -0.2) is 4.79 Å². The third-order valence-electron chi connectivity index (χ3n) is 4.76. The second kappa shape index (κ2) is 7.41. The van der Waals surface area contributed by atoms with Gasteiger partial charge in [0, 0.05) is 44.0 Å². The molecule has 2 heterocycles. The fourth-order valence-corrected chi connectivity index (χ4v) is 3.48. The molecule has 7 heteroatoms. The van der Waals surface area contributed by atoms with Gasteiger partial charge in [0.05, 0.1) is 12.1 Å². The first-order chi connectivity index (χ1) is 12.0. The normalized spacial score (nSPS) is 23.8. The molecule has 2 atom stereocenters. The zero-order valence-electron chi connectivity index (χ0n) is 15.0. The molecule has 7 nitrogen and oxygen atoms in total. The zero-order valence-corrected chi connectivity index (χ0v) is 15.0. The van der Waals surface area contributed by atoms with Gasteiger partial charge in [-0.05, 0) is 38.6 Å². The highest BCUT2D eigenvalue weighted by molar-refractivity contribution is 5.99. The van der Waals surface area contributed by atoms with Gasteiger partial charge in [0.1, 0.15) is 0 Å². The molecule has 1 aromatic rings. The van der Waals surface area contributed by atoms with Gasteiger partial charge in [-0.2, -0.15) is 0 Å². The van der Waals surface area contributed by atoms with Crippen molar-refractivity contribution in [3.05, 3.63) is 29.3 Å². The number of carbonyl (C=O) groups is 2. The number of aryl methyl sites for hydroxylation is 1. The fraction of sp³-hybridized carbons (Fsp3) is 0.556. The Kier molecular flexibility index (Phi) is 5.24. The number of ether oxygens (including phenoxy) is 1. The Hall–Kier alpha value is -2.12. The van der Waals surface area contributed by atoms with Crippen molar-refractivity contribution >= 4 is 17.6 Å². The van der Waals surface area contributed by atoms with Crippen LogP contribution < -0.4 is 15.5 Å². The molecule has 0 radical (unpaired) electrons. The number of carbonyl (C=O) groups excluding carboxylic acids is 2. The van der Waals surface area contributed by atoms with Crippen LogP contribution in [0.1, 0.15) is 22.8 Å². The number of anilines is 1. The minimum Gasteiger partial charge on any atom is -0.375 e. The lowest BCUT2D eigenvalue weighted by Gasteiger charge is -2.21. The number of hydrogen-bond acceptors (Lipinski definition) is 4. The smallest absolute Gasteiger partial charge is 0.322 e. The third-order valence-corrected chi connectivity index (χ3v) is 4.76. The summed E-state index contributed by atoms with van der Waals surface area (Å²) < 4.78 is 5.74. The van der Waals surface area contributed by atoms with Gasteiger partial charge >= 0.3 is 6.03 Å². The predicted octanol–water partition coefficient (Wildman–Crippen LogP) is 0.974. The number of nitrogens with one attached hydrogen (secondary N) is 2. The van der Waals surface area contributed by atoms with Crippen LogP contribution in [0.5, 0.6) is 0 Å². The van der Waals surface area contributed by atoms with Crippen LogP contribution in [0.25, 0.3) is 0 Å². The van der Waals surface area contributed by atoms with Crippen molar-refractivity contribution in [3.8, 4) is 0 Å². The van der Waals surface area contributed by atoms with Crippen molar-refractivity contribution in [2.24, 2.45) is 0 Å². The molecule has 2 aliphatic heterocycles. The van der Waals surface area contributed by atoms with Crippen LogP contribution in [0.3, 0.4) is 0 Å². The number of nitrogens with zero attached hydrogens (tertiary/aromatic N) is 2. The van der Waals surface area contributed by atoms with Gasteiger partial charge in [0.15, 0.2) is 0 Å². The molecule has 25 heavy (non-hydrogen) atoms. The Morgan fingerprint density at radius 1 is 1.40 bits per heavy atom. The Labute approximate surface area is 148 Å². The van der Waals surface area contributed by atoms with E-state index in [0.717, 1.165) is 24.3 Å². The van der Waals surface area contributed by atoms with Crippen molar-refractivity contribution in [2.45, 2.75) is 26.0 Å². The molecule has 3 amide bonds. The summed E-state index contributed by atoms with van der Waals surface area (Å²) in [5, 5.41) is 5.88. The lowest BCUT2D eigenvalue weighted by atomic mass is 10.1. The van der Waals surface area contributed by atoms with E-state index in [4.69, 9.17) is 4.74 Å². The number of amides is 3. The summed E-state index contributed by atoms with van der Waals surface area (Å²) in [7, 11) is 2.02. The Morgan fingerprint density at radius 2 is 2.20 bits per heavy atom. The number of likely N-dealkylation sites (tertiary alicyclic amines) is 1. The second-order valence-corrected chi connectivity index (χ2v) is 6.68. The summed E-state index contributed by atoms with van der Waals surface area (Å²) in [6.45, 7) is 7.35. The van der Waals surface area contributed by atoms with Crippen LogP contribution in [-0.2, 0) is 4.74 Å². The predicted molar refractivity (Wildman–Crippen MR) is 96.1 cm³/mol. The first-order valence-electron chi connectivity index (χ1n) is 8.76. The lowest BCUT2D eigenvalue weighted by molar-refractivity contribution is 0.0513. The highest BCUT2D eigenvalue weighted by Crippen LogP contribution is 2.23. The van der Waals surface area contributed by atoms with Gasteiger partial charge in [-0.3, -0.25) is 9.69 Å². The van der Waals surface area contributed by atoms with E-state index >= 15 is 0 Å². The summed E-state index contributed by atoms with van der Waals surface area (Å²) in [5.41, 5.74) is 2.32. The van der Waals surface area contributed by atoms with E-state index in [0.29, 0.717) is 25.3 Å². The van der Waals surface area contributed by atoms with E-state index < -0.39 is 0 Å². The highest BCUT2D eigenvalue weighted by atomic mass is 16.5. The van der Waals surface area contributed by atoms with Gasteiger partial charge in [-0.1, -0.05) is 6.07 Å². The van der Waals surface area contributed by atoms with Gasteiger partial charge < -0.3 is 20.3 Å². The first-order valence-corrected chi connectivity index (χ1v) is 8.76. The van der Waals surface area contributed by atoms with Crippen molar-refractivity contribution in [3.63, 3.8) is 0 Å². The average Bonchev–Trinajstić information content (AvgIpc) is 3.14. The molecule has 2 unspecified atom stereocenters. The fourth-order valence-electron chi connectivity index (χ4n) is 3.48. The monoisotopic (exact) mass is 346 g/mol. The van der Waals surface area contributed by atoms with Crippen LogP contribution in [-0.4, -0.2) is 68.8 Å². The van der Waals surface area contributed by atoms with E-state index in [2.05, 4.69) is 15.5 Å². The standard InChI is InChI=1S/C18H26N4O3/c1-4-25-16-11-21(3)10-14(16)20-17(23)13-6-5-12(2)15(9-13)22-8-7-19-18(22)24/h5-6,9,14,16H,4,7-8,10-11H2,1-3H3,(H,19,24)(H,20,23). The molecular formula is C18H26N4O3. The number of hydrogen-bond donors (Lipinski definition) is 2. The molecule has 0 saturated carbocycles. The number of likely N-dealkylation sites (N-methyl/N-ethyl adjacent to an activating group) is 1. The summed E-state index contributed by atoms with van der Waals surface area (Å²) in [5.74, 6) is -0.133. The van der Waals surface area contributed by atoms with Crippen LogP contribution in [0.4, 0.5) is 10.5 Å². The molecule has 2 fully saturated rings. The van der Waals surface area contributed by atoms with Crippen molar-refractivity contribution in [2.75, 3.05) is 44.7 Å². The minimum atomic E-state index is -0.133. The van der Waals surface area contributed by atoms with Crippen LogP contribution in [0.2, 0.25) is 0 Å². The summed E-state index contributed by atoms with van der Waals surface area (Å²) >= 11 is 0. The molecule has 136 valence electrons. The van der Waals surface area contributed by atoms with E-state index in [1.54, 1.807) is 17.0 Å². The Morgan fingerprint density at radius 3 is 2.88 bits per heavy atom. The summed E-state index contributed by atoms with van der Waals surface area (Å²) in [6, 6.07) is 5.34. The number of benzene rings is 1. The zero-order chi connectivity index (χ0) is 18.0. The minimum absolute atomic E-state index is 0.00762. The Balaban J connectivity index is 1.75. The maximum Gasteiger partial charge on any atom is 0.322 e. The molecule has 3 rings (SSSR count). The first kappa shape index (κ1) is 17.7. The Bertz CT molecular complexity index is 664. The third kappa shape index (κ3) is 3.77. The van der Waals surface area contributed by atoms with Crippen molar-refractivity contribution in [1.82, 2.24) is 15.5 Å². The molecular weight excluding hydrogens is 320 g/mol. The van der Waals surface area contributed by atoms with Crippen LogP contribution in [0, 0.1) is 6.92 Å². The maximum atomic E-state index is 12.7. The molecule has 0 aromatic heterocycles. The van der Waals surface area contributed by atoms with E-state index in [9.17, 15) is 9.59 Å². The molecule has 2 aliphatic rings. The highest BCUT2D eigenvalue weighted by Gasteiger charge is 2.33. The summed E-state index contributed by atoms with van der Waals surface area (Å²) in [4.78, 5) is 28.5. The van der Waals surface area contributed by atoms with Crippen molar-refractivity contribution in [1.29, 1.82) is 0 Å². The maximum absolute atomic E-state index is 12.7. The number of rotatable bonds is 5. The lowest BCUT2D eigenvalue weighted by Crippen LogP contribution is -2.44. The molecule has 2 saturated heterocycles. The van der Waals surface area contributed by atoms with Crippen LogP contribution >= 0.6 is 0 Å². The van der Waals surface area contributed by atoms with E-state index in [-0.39, 0.29) is 24.1 Å². The largest absolute Gasteiger partial charge is 0.375 e. The quantitative estimate of drug-likeness (QED) is 0.833. The van der Waals surface area contributed by atoms with E-state index in [1.165, 1.54) is 0 Å². The van der Waals surface area contributed by atoms with Crippen molar-refractivity contribution < 1.29 is 14.3 Å². The van der Waals surface area contributed by atoms with Gasteiger partial charge in [0.2, 0.25) is 0 Å². The number of urea groups is 1. The summed E-state index contributed by atoms with van der Waals surface area (Å²) in [6.07, 6.45) is 0.00762. The molecule has 0 bridgehead atoms. The second-order valence-electron chi connectivity index (χ2n) is 6.68. The van der Waals surface area contributed by atoms with Gasteiger partial charge in [-0.15, -0.1) is 0 Å². The molecule has 1 aromatic carbocycles.